The Hall–Kier alpha value is -4.20. The average Bonchev–Trinajstić information content (AvgIpc) is 3.22. The summed E-state index contributed by atoms with van der Waals surface area (Å²) in [5, 5.41) is 6.16. The number of methoxy groups -OCH3 is 1. The molecule has 2 heterocycles. The highest BCUT2D eigenvalue weighted by Gasteiger charge is 2.07. The van der Waals surface area contributed by atoms with E-state index in [1.807, 2.05) is 72.3 Å². The van der Waals surface area contributed by atoms with Gasteiger partial charge in [-0.05, 0) is 48.9 Å². The standard InChI is InChI=1S/C23H22N6O2/c1-16-24-11-12-29(16)22-14-21(25-15-26-22)27-18-5-7-19(8-6-18)28-23(30)13-17-3-9-20(31-2)10-4-17/h3-12,14-15H,13H2,1-2H3,(H,28,30)(H,25,26,27). The summed E-state index contributed by atoms with van der Waals surface area (Å²) in [5.41, 5.74) is 2.49. The minimum Gasteiger partial charge on any atom is -0.497 e. The van der Waals surface area contributed by atoms with Crippen molar-refractivity contribution in [3.8, 4) is 11.6 Å². The molecule has 4 rings (SSSR count). The maximum absolute atomic E-state index is 12.3. The van der Waals surface area contributed by atoms with Crippen molar-refractivity contribution in [3.63, 3.8) is 0 Å². The van der Waals surface area contributed by atoms with Gasteiger partial charge in [0, 0.05) is 29.8 Å². The quantitative estimate of drug-likeness (QED) is 0.476. The van der Waals surface area contributed by atoms with Gasteiger partial charge in [0.1, 0.15) is 29.5 Å². The first-order valence-corrected chi connectivity index (χ1v) is 9.73. The van der Waals surface area contributed by atoms with Crippen LogP contribution in [0.15, 0.2) is 73.3 Å². The molecular formula is C23H22N6O2. The molecule has 0 saturated heterocycles. The van der Waals surface area contributed by atoms with Crippen LogP contribution in [0.3, 0.4) is 0 Å². The molecule has 0 bridgehead atoms. The number of hydrogen-bond donors (Lipinski definition) is 2. The third-order valence-corrected chi connectivity index (χ3v) is 4.69. The van der Waals surface area contributed by atoms with E-state index in [1.54, 1.807) is 13.3 Å². The van der Waals surface area contributed by atoms with Crippen molar-refractivity contribution in [3.05, 3.63) is 84.7 Å². The van der Waals surface area contributed by atoms with Crippen LogP contribution in [0.25, 0.3) is 5.82 Å². The molecule has 8 nitrogen and oxygen atoms in total. The number of ether oxygens (including phenoxy) is 1. The van der Waals surface area contributed by atoms with Gasteiger partial charge in [-0.15, -0.1) is 0 Å². The molecular weight excluding hydrogens is 392 g/mol. The summed E-state index contributed by atoms with van der Waals surface area (Å²) in [7, 11) is 1.62. The lowest BCUT2D eigenvalue weighted by atomic mass is 10.1. The number of imidazole rings is 1. The summed E-state index contributed by atoms with van der Waals surface area (Å²) in [5.74, 6) is 2.92. The summed E-state index contributed by atoms with van der Waals surface area (Å²) < 4.78 is 7.02. The van der Waals surface area contributed by atoms with E-state index in [4.69, 9.17) is 4.74 Å². The molecule has 0 spiro atoms. The molecule has 156 valence electrons. The van der Waals surface area contributed by atoms with Crippen LogP contribution in [0.1, 0.15) is 11.4 Å². The number of aryl methyl sites for hydroxylation is 1. The highest BCUT2D eigenvalue weighted by Crippen LogP contribution is 2.19. The normalized spacial score (nSPS) is 10.5. The molecule has 0 radical (unpaired) electrons. The number of anilines is 3. The zero-order valence-corrected chi connectivity index (χ0v) is 17.2. The first-order chi connectivity index (χ1) is 15.1. The molecule has 0 atom stereocenters. The molecule has 2 aromatic heterocycles. The summed E-state index contributed by atoms with van der Waals surface area (Å²) in [4.78, 5) is 25.1. The minimum absolute atomic E-state index is 0.0815. The molecule has 0 unspecified atom stereocenters. The van der Waals surface area contributed by atoms with Crippen molar-refractivity contribution >= 4 is 23.1 Å². The fourth-order valence-corrected chi connectivity index (χ4v) is 3.09. The van der Waals surface area contributed by atoms with E-state index in [0.717, 1.165) is 34.3 Å². The van der Waals surface area contributed by atoms with Crippen LogP contribution in [-0.4, -0.2) is 32.5 Å². The molecule has 0 saturated carbocycles. The van der Waals surface area contributed by atoms with Crippen LogP contribution in [0.2, 0.25) is 0 Å². The Balaban J connectivity index is 1.37. The highest BCUT2D eigenvalue weighted by molar-refractivity contribution is 5.92. The fraction of sp³-hybridized carbons (Fsp3) is 0.130. The number of amides is 1. The fourth-order valence-electron chi connectivity index (χ4n) is 3.09. The third kappa shape index (κ3) is 5.05. The van der Waals surface area contributed by atoms with E-state index in [2.05, 4.69) is 25.6 Å². The van der Waals surface area contributed by atoms with Crippen molar-refractivity contribution in [1.29, 1.82) is 0 Å². The third-order valence-electron chi connectivity index (χ3n) is 4.69. The van der Waals surface area contributed by atoms with Crippen LogP contribution >= 0.6 is 0 Å². The molecule has 31 heavy (non-hydrogen) atoms. The molecule has 0 fully saturated rings. The summed E-state index contributed by atoms with van der Waals surface area (Å²) >= 11 is 0. The minimum atomic E-state index is -0.0815. The number of carbonyl (C=O) groups is 1. The predicted octanol–water partition coefficient (Wildman–Crippen LogP) is 3.90. The average molecular weight is 414 g/mol. The smallest absolute Gasteiger partial charge is 0.228 e. The Kier molecular flexibility index (Phi) is 5.89. The molecule has 0 aliphatic carbocycles. The number of nitrogens with zero attached hydrogens (tertiary/aromatic N) is 4. The number of rotatable bonds is 7. The van der Waals surface area contributed by atoms with E-state index in [9.17, 15) is 4.79 Å². The van der Waals surface area contributed by atoms with Crippen molar-refractivity contribution in [2.75, 3.05) is 17.7 Å². The summed E-state index contributed by atoms with van der Waals surface area (Å²) in [6.45, 7) is 1.91. The lowest BCUT2D eigenvalue weighted by Crippen LogP contribution is -2.14. The maximum atomic E-state index is 12.3. The second-order valence-corrected chi connectivity index (χ2v) is 6.88. The van der Waals surface area contributed by atoms with Gasteiger partial charge in [0.05, 0.1) is 13.5 Å². The second kappa shape index (κ2) is 9.08. The van der Waals surface area contributed by atoms with Gasteiger partial charge in [0.15, 0.2) is 0 Å². The number of aromatic nitrogens is 4. The largest absolute Gasteiger partial charge is 0.497 e. The Morgan fingerprint density at radius 2 is 1.74 bits per heavy atom. The van der Waals surface area contributed by atoms with Gasteiger partial charge in [-0.25, -0.2) is 15.0 Å². The first kappa shape index (κ1) is 20.1. The first-order valence-electron chi connectivity index (χ1n) is 9.73. The highest BCUT2D eigenvalue weighted by atomic mass is 16.5. The number of hydrogen-bond acceptors (Lipinski definition) is 6. The van der Waals surface area contributed by atoms with Gasteiger partial charge in [-0.1, -0.05) is 12.1 Å². The summed E-state index contributed by atoms with van der Waals surface area (Å²) in [6.07, 6.45) is 5.38. The van der Waals surface area contributed by atoms with Crippen LogP contribution in [0.4, 0.5) is 17.2 Å². The topological polar surface area (TPSA) is 94.0 Å². The van der Waals surface area contributed by atoms with Crippen LogP contribution in [0.5, 0.6) is 5.75 Å². The monoisotopic (exact) mass is 414 g/mol. The molecule has 0 aliphatic heterocycles. The number of nitrogens with one attached hydrogen (secondary N) is 2. The van der Waals surface area contributed by atoms with E-state index in [1.165, 1.54) is 6.33 Å². The maximum Gasteiger partial charge on any atom is 0.228 e. The van der Waals surface area contributed by atoms with E-state index in [0.29, 0.717) is 12.2 Å². The molecule has 2 aromatic carbocycles. The SMILES string of the molecule is COc1ccc(CC(=O)Nc2ccc(Nc3cc(-n4ccnc4C)ncn3)cc2)cc1. The molecule has 4 aromatic rings. The zero-order valence-electron chi connectivity index (χ0n) is 17.2. The van der Waals surface area contributed by atoms with Crippen molar-refractivity contribution in [2.24, 2.45) is 0 Å². The molecule has 1 amide bonds. The van der Waals surface area contributed by atoms with Gasteiger partial charge < -0.3 is 15.4 Å². The van der Waals surface area contributed by atoms with Crippen molar-refractivity contribution < 1.29 is 9.53 Å². The predicted molar refractivity (Wildman–Crippen MR) is 119 cm³/mol. The van der Waals surface area contributed by atoms with Crippen molar-refractivity contribution in [2.45, 2.75) is 13.3 Å². The van der Waals surface area contributed by atoms with Gasteiger partial charge >= 0.3 is 0 Å². The molecule has 2 N–H and O–H groups in total. The van der Waals surface area contributed by atoms with Crippen LogP contribution < -0.4 is 15.4 Å². The van der Waals surface area contributed by atoms with Crippen molar-refractivity contribution in [1.82, 2.24) is 19.5 Å². The van der Waals surface area contributed by atoms with Gasteiger partial charge in [0.2, 0.25) is 5.91 Å². The van der Waals surface area contributed by atoms with Gasteiger partial charge in [0.25, 0.3) is 0 Å². The Labute approximate surface area is 180 Å². The molecule has 0 aliphatic rings. The van der Waals surface area contributed by atoms with Crippen LogP contribution in [-0.2, 0) is 11.2 Å². The van der Waals surface area contributed by atoms with Gasteiger partial charge in [-0.3, -0.25) is 9.36 Å². The lowest BCUT2D eigenvalue weighted by molar-refractivity contribution is -0.115. The molecule has 8 heteroatoms. The van der Waals surface area contributed by atoms with E-state index < -0.39 is 0 Å². The van der Waals surface area contributed by atoms with Crippen LogP contribution in [0, 0.1) is 6.92 Å². The van der Waals surface area contributed by atoms with E-state index >= 15 is 0 Å². The number of benzene rings is 2. The van der Waals surface area contributed by atoms with Gasteiger partial charge in [-0.2, -0.15) is 0 Å². The number of carbonyl (C=O) groups excluding carboxylic acids is 1. The lowest BCUT2D eigenvalue weighted by Gasteiger charge is -2.10. The second-order valence-electron chi connectivity index (χ2n) is 6.88. The summed E-state index contributed by atoms with van der Waals surface area (Å²) in [6, 6.07) is 16.7. The zero-order chi connectivity index (χ0) is 21.6. The Morgan fingerprint density at radius 3 is 2.42 bits per heavy atom. The van der Waals surface area contributed by atoms with E-state index in [-0.39, 0.29) is 5.91 Å². The Bertz CT molecular complexity index is 1170. The Morgan fingerprint density at radius 1 is 1.00 bits per heavy atom.